The Bertz CT molecular complexity index is 715. The minimum atomic E-state index is 0.180. The van der Waals surface area contributed by atoms with Crippen molar-refractivity contribution in [2.75, 3.05) is 0 Å². The molecule has 0 aliphatic heterocycles. The Kier molecular flexibility index (Phi) is 5.22. The van der Waals surface area contributed by atoms with E-state index in [1.165, 1.54) is 40.8 Å². The van der Waals surface area contributed by atoms with E-state index >= 15 is 0 Å². The third-order valence-corrected chi connectivity index (χ3v) is 5.76. The summed E-state index contributed by atoms with van der Waals surface area (Å²) in [6.07, 6.45) is 4.62. The molecule has 1 aromatic carbocycles. The van der Waals surface area contributed by atoms with Crippen molar-refractivity contribution in [2.45, 2.75) is 72.1 Å². The normalized spacial score (nSPS) is 12.5. The maximum absolute atomic E-state index is 2.39. The second-order valence-corrected chi connectivity index (χ2v) is 8.46. The van der Waals surface area contributed by atoms with Gasteiger partial charge in [-0.2, -0.15) is 0 Å². The molecular weight excluding hydrogens is 290 g/mol. The molecule has 130 valence electrons. The SMILES string of the molecule is CCC(C)(CC)c1ccc(-c2ccc(C(C)(C)C)c[n+]2C)c(C)c1. The lowest BCUT2D eigenvalue weighted by molar-refractivity contribution is -0.661. The predicted octanol–water partition coefficient (Wildman–Crippen LogP) is 5.86. The van der Waals surface area contributed by atoms with Gasteiger partial charge in [0.25, 0.3) is 0 Å². The molecule has 24 heavy (non-hydrogen) atoms. The first-order valence-corrected chi connectivity index (χ1v) is 9.24. The van der Waals surface area contributed by atoms with E-state index in [0.29, 0.717) is 0 Å². The van der Waals surface area contributed by atoms with Gasteiger partial charge < -0.3 is 0 Å². The molecule has 1 aromatic heterocycles. The number of benzene rings is 1. The quantitative estimate of drug-likeness (QED) is 0.620. The lowest BCUT2D eigenvalue weighted by Crippen LogP contribution is -2.33. The Labute approximate surface area is 148 Å². The Balaban J connectivity index is 2.48. The molecule has 1 nitrogen and oxygen atoms in total. The number of hydrogen-bond donors (Lipinski definition) is 0. The zero-order valence-electron chi connectivity index (χ0n) is 16.8. The van der Waals surface area contributed by atoms with Crippen molar-refractivity contribution in [3.63, 3.8) is 0 Å². The number of aryl methyl sites for hydroxylation is 2. The highest BCUT2D eigenvalue weighted by Gasteiger charge is 2.24. The zero-order chi connectivity index (χ0) is 18.1. The van der Waals surface area contributed by atoms with E-state index in [1.54, 1.807) is 0 Å². The zero-order valence-corrected chi connectivity index (χ0v) is 16.8. The molecule has 0 fully saturated rings. The fraction of sp³-hybridized carbons (Fsp3) is 0.522. The van der Waals surface area contributed by atoms with Crippen LogP contribution in [-0.2, 0) is 17.9 Å². The summed E-state index contributed by atoms with van der Waals surface area (Å²) in [5.74, 6) is 0. The van der Waals surface area contributed by atoms with E-state index < -0.39 is 0 Å². The number of hydrogen-bond acceptors (Lipinski definition) is 0. The predicted molar refractivity (Wildman–Crippen MR) is 104 cm³/mol. The highest BCUT2D eigenvalue weighted by atomic mass is 14.9. The van der Waals surface area contributed by atoms with E-state index in [0.717, 1.165) is 0 Å². The average molecular weight is 325 g/mol. The van der Waals surface area contributed by atoms with Crippen molar-refractivity contribution in [1.29, 1.82) is 0 Å². The molecule has 0 saturated carbocycles. The second kappa shape index (κ2) is 6.70. The monoisotopic (exact) mass is 324 g/mol. The van der Waals surface area contributed by atoms with Gasteiger partial charge in [0.1, 0.15) is 7.05 Å². The molecule has 1 heteroatoms. The van der Waals surface area contributed by atoms with Gasteiger partial charge in [0, 0.05) is 17.2 Å². The van der Waals surface area contributed by atoms with Gasteiger partial charge in [-0.3, -0.25) is 0 Å². The van der Waals surface area contributed by atoms with Gasteiger partial charge in [0.05, 0.1) is 0 Å². The van der Waals surface area contributed by atoms with Crippen LogP contribution in [0.15, 0.2) is 36.5 Å². The number of rotatable bonds is 4. The Morgan fingerprint density at radius 2 is 1.46 bits per heavy atom. The second-order valence-electron chi connectivity index (χ2n) is 8.46. The highest BCUT2D eigenvalue weighted by molar-refractivity contribution is 5.62. The third-order valence-electron chi connectivity index (χ3n) is 5.76. The Morgan fingerprint density at radius 1 is 0.875 bits per heavy atom. The fourth-order valence-corrected chi connectivity index (χ4v) is 3.32. The van der Waals surface area contributed by atoms with Crippen LogP contribution in [-0.4, -0.2) is 0 Å². The van der Waals surface area contributed by atoms with Gasteiger partial charge in [-0.1, -0.05) is 53.7 Å². The standard InChI is InChI=1S/C23H34N/c1-9-23(7,10-2)18-11-13-20(17(3)15-18)21-14-12-19(16-24(21)8)22(4,5)6/h11-16H,9-10H2,1-8H3/q+1. The molecule has 0 spiro atoms. The molecule has 0 saturated heterocycles. The maximum Gasteiger partial charge on any atom is 0.212 e. The summed E-state index contributed by atoms with van der Waals surface area (Å²) in [6.45, 7) is 16.0. The van der Waals surface area contributed by atoms with E-state index in [2.05, 4.69) is 96.6 Å². The minimum Gasteiger partial charge on any atom is -0.201 e. The molecule has 0 unspecified atom stereocenters. The van der Waals surface area contributed by atoms with Crippen LogP contribution in [0.3, 0.4) is 0 Å². The van der Waals surface area contributed by atoms with Crippen molar-refractivity contribution < 1.29 is 4.57 Å². The fourth-order valence-electron chi connectivity index (χ4n) is 3.32. The smallest absolute Gasteiger partial charge is 0.201 e. The van der Waals surface area contributed by atoms with Gasteiger partial charge in [0.2, 0.25) is 5.69 Å². The van der Waals surface area contributed by atoms with Crippen molar-refractivity contribution in [3.05, 3.63) is 53.2 Å². The van der Waals surface area contributed by atoms with Gasteiger partial charge in [-0.05, 0) is 53.9 Å². The molecule has 0 aliphatic rings. The Morgan fingerprint density at radius 3 is 1.92 bits per heavy atom. The summed E-state index contributed by atoms with van der Waals surface area (Å²) >= 11 is 0. The lowest BCUT2D eigenvalue weighted by Gasteiger charge is -2.28. The summed E-state index contributed by atoms with van der Waals surface area (Å²) in [4.78, 5) is 0. The molecule has 0 aliphatic carbocycles. The molecule has 0 atom stereocenters. The summed E-state index contributed by atoms with van der Waals surface area (Å²) in [5.41, 5.74) is 7.26. The molecule has 2 rings (SSSR count). The van der Waals surface area contributed by atoms with Crippen molar-refractivity contribution in [3.8, 4) is 11.3 Å². The molecule has 0 bridgehead atoms. The first kappa shape index (κ1) is 18.7. The summed E-state index contributed by atoms with van der Waals surface area (Å²) < 4.78 is 2.27. The van der Waals surface area contributed by atoms with Crippen molar-refractivity contribution in [1.82, 2.24) is 0 Å². The Hall–Kier alpha value is -1.63. The van der Waals surface area contributed by atoms with Crippen LogP contribution in [0.4, 0.5) is 0 Å². The van der Waals surface area contributed by atoms with Crippen LogP contribution >= 0.6 is 0 Å². The number of nitrogens with zero attached hydrogens (tertiary/aromatic N) is 1. The van der Waals surface area contributed by atoms with Crippen LogP contribution in [0.5, 0.6) is 0 Å². The van der Waals surface area contributed by atoms with Crippen LogP contribution in [0.2, 0.25) is 0 Å². The minimum absolute atomic E-state index is 0.180. The third kappa shape index (κ3) is 3.55. The molecule has 0 amide bonds. The van der Waals surface area contributed by atoms with Crippen LogP contribution in [0.1, 0.15) is 71.1 Å². The van der Waals surface area contributed by atoms with E-state index in [1.807, 2.05) is 0 Å². The first-order valence-electron chi connectivity index (χ1n) is 9.24. The molecule has 0 radical (unpaired) electrons. The maximum atomic E-state index is 2.39. The number of aromatic nitrogens is 1. The summed E-state index contributed by atoms with van der Waals surface area (Å²) in [7, 11) is 2.15. The van der Waals surface area contributed by atoms with Gasteiger partial charge in [-0.25, -0.2) is 4.57 Å². The first-order chi connectivity index (χ1) is 11.1. The molecule has 2 aromatic rings. The highest BCUT2D eigenvalue weighted by Crippen LogP contribution is 2.34. The van der Waals surface area contributed by atoms with Crippen LogP contribution < -0.4 is 4.57 Å². The summed E-state index contributed by atoms with van der Waals surface area (Å²) in [6, 6.07) is 11.6. The van der Waals surface area contributed by atoms with Gasteiger partial charge in [0.15, 0.2) is 6.20 Å². The van der Waals surface area contributed by atoms with E-state index in [9.17, 15) is 0 Å². The van der Waals surface area contributed by atoms with Gasteiger partial charge >= 0.3 is 0 Å². The average Bonchev–Trinajstić information content (AvgIpc) is 2.53. The lowest BCUT2D eigenvalue weighted by atomic mass is 9.77. The van der Waals surface area contributed by atoms with Crippen LogP contribution in [0, 0.1) is 6.92 Å². The van der Waals surface area contributed by atoms with E-state index in [4.69, 9.17) is 0 Å². The number of pyridine rings is 1. The van der Waals surface area contributed by atoms with Crippen LogP contribution in [0.25, 0.3) is 11.3 Å². The molecule has 0 N–H and O–H groups in total. The molecule has 1 heterocycles. The van der Waals surface area contributed by atoms with Gasteiger partial charge in [-0.15, -0.1) is 0 Å². The summed E-state index contributed by atoms with van der Waals surface area (Å²) in [5, 5.41) is 0. The van der Waals surface area contributed by atoms with Crippen molar-refractivity contribution >= 4 is 0 Å². The van der Waals surface area contributed by atoms with E-state index in [-0.39, 0.29) is 10.8 Å². The largest absolute Gasteiger partial charge is 0.212 e. The topological polar surface area (TPSA) is 3.88 Å². The molecular formula is C23H34N+. The van der Waals surface area contributed by atoms with Crippen molar-refractivity contribution in [2.24, 2.45) is 7.05 Å².